The van der Waals surface area contributed by atoms with Crippen molar-refractivity contribution in [2.75, 3.05) is 13.2 Å². The van der Waals surface area contributed by atoms with Crippen LogP contribution in [0.4, 0.5) is 4.79 Å². The van der Waals surface area contributed by atoms with Crippen molar-refractivity contribution in [2.45, 2.75) is 0 Å². The lowest BCUT2D eigenvalue weighted by Gasteiger charge is -1.97. The Kier molecular flexibility index (Phi) is 4.73. The molecule has 3 N–H and O–H groups in total. The Balaban J connectivity index is 2.82. The molecule has 0 aliphatic rings. The van der Waals surface area contributed by atoms with E-state index in [1.54, 1.807) is 0 Å². The third-order valence-electron chi connectivity index (χ3n) is 0.379. The van der Waals surface area contributed by atoms with E-state index in [4.69, 9.17) is 5.73 Å². The van der Waals surface area contributed by atoms with Crippen LogP contribution in [0.25, 0.3) is 0 Å². The van der Waals surface area contributed by atoms with E-state index < -0.39 is 5.24 Å². The molecule has 5 heteroatoms. The monoisotopic (exact) mass is 136 g/mol. The van der Waals surface area contributed by atoms with Crippen molar-refractivity contribution >= 4 is 17.9 Å². The average Bonchev–Trinajstić information content (AvgIpc) is 1.66. The number of rotatable bonds is 3. The number of nitrogens with two attached hydrogens (primary N) is 1. The van der Waals surface area contributed by atoms with Crippen LogP contribution in [-0.4, -0.2) is 18.4 Å². The highest BCUT2D eigenvalue weighted by molar-refractivity contribution is 7.96. The minimum absolute atomic E-state index is 0.312. The third-order valence-corrected chi connectivity index (χ3v) is 0.471. The van der Waals surface area contributed by atoms with Gasteiger partial charge in [-0.2, -0.15) is 0 Å². The Morgan fingerprint density at radius 2 is 2.50 bits per heavy atom. The molecule has 0 saturated heterocycles. The van der Waals surface area contributed by atoms with Gasteiger partial charge in [0, 0.05) is 6.54 Å². The number of hydrogen-bond acceptors (Lipinski definition) is 3. The molecule has 0 fully saturated rings. The first kappa shape index (κ1) is 7.74. The maximum Gasteiger partial charge on any atom is 0.299 e. The number of hydroxylamine groups is 1. The van der Waals surface area contributed by atoms with Crippen molar-refractivity contribution in [3.05, 3.63) is 0 Å². The fraction of sp³-hybridized carbons (Fsp3) is 0.667. The van der Waals surface area contributed by atoms with Gasteiger partial charge in [-0.3, -0.25) is 9.63 Å². The van der Waals surface area contributed by atoms with E-state index in [0.717, 1.165) is 0 Å². The molecule has 0 radical (unpaired) electrons. The SMILES string of the molecule is NCCONC(=O)S. The highest BCUT2D eigenvalue weighted by Gasteiger charge is 1.86. The number of nitrogens with one attached hydrogen (secondary N) is 1. The van der Waals surface area contributed by atoms with Crippen LogP contribution in [0, 0.1) is 0 Å². The van der Waals surface area contributed by atoms with E-state index in [1.807, 2.05) is 5.48 Å². The highest BCUT2D eigenvalue weighted by atomic mass is 32.1. The Hall–Kier alpha value is -0.260. The van der Waals surface area contributed by atoms with E-state index in [2.05, 4.69) is 17.5 Å². The van der Waals surface area contributed by atoms with Crippen LogP contribution in [0.3, 0.4) is 0 Å². The molecule has 0 bridgehead atoms. The van der Waals surface area contributed by atoms with Crippen molar-refractivity contribution in [1.82, 2.24) is 5.48 Å². The van der Waals surface area contributed by atoms with Gasteiger partial charge in [0.2, 0.25) is 0 Å². The molecule has 0 unspecified atom stereocenters. The molecule has 0 aromatic heterocycles. The zero-order valence-corrected chi connectivity index (χ0v) is 5.15. The Bertz CT molecular complexity index is 77.7. The van der Waals surface area contributed by atoms with Gasteiger partial charge in [-0.05, 0) is 0 Å². The van der Waals surface area contributed by atoms with E-state index in [-0.39, 0.29) is 0 Å². The second-order valence-corrected chi connectivity index (χ2v) is 1.45. The summed E-state index contributed by atoms with van der Waals surface area (Å²) in [6.45, 7) is 0.695. The molecule has 0 atom stereocenters. The summed E-state index contributed by atoms with van der Waals surface area (Å²) in [6, 6.07) is 0. The van der Waals surface area contributed by atoms with Gasteiger partial charge in [-0.15, -0.1) is 0 Å². The molecule has 0 aromatic carbocycles. The van der Waals surface area contributed by atoms with Gasteiger partial charge >= 0.3 is 0 Å². The lowest BCUT2D eigenvalue weighted by atomic mass is 10.8. The number of hydrogen-bond donors (Lipinski definition) is 3. The summed E-state index contributed by atoms with van der Waals surface area (Å²) in [5.41, 5.74) is 7.01. The maximum absolute atomic E-state index is 9.91. The Morgan fingerprint density at radius 1 is 1.88 bits per heavy atom. The Labute approximate surface area is 52.7 Å². The van der Waals surface area contributed by atoms with Crippen molar-refractivity contribution in [3.63, 3.8) is 0 Å². The summed E-state index contributed by atoms with van der Waals surface area (Å²) in [7, 11) is 0. The first-order chi connectivity index (χ1) is 3.77. The fourth-order valence-electron chi connectivity index (χ4n) is 0.172. The summed E-state index contributed by atoms with van der Waals surface area (Å²) in [6.07, 6.45) is 0. The number of thiol groups is 1. The van der Waals surface area contributed by atoms with Crippen molar-refractivity contribution in [1.29, 1.82) is 0 Å². The van der Waals surface area contributed by atoms with Crippen LogP contribution in [0.5, 0.6) is 0 Å². The second-order valence-electron chi connectivity index (χ2n) is 1.04. The molecule has 1 amide bonds. The average molecular weight is 136 g/mol. The molecule has 0 spiro atoms. The van der Waals surface area contributed by atoms with Crippen LogP contribution in [0.1, 0.15) is 0 Å². The first-order valence-corrected chi connectivity index (χ1v) is 2.53. The summed E-state index contributed by atoms with van der Waals surface area (Å²) in [5.74, 6) is 0. The van der Waals surface area contributed by atoms with Crippen molar-refractivity contribution in [3.8, 4) is 0 Å². The molecule has 48 valence electrons. The van der Waals surface area contributed by atoms with Crippen LogP contribution >= 0.6 is 12.6 Å². The molecule has 0 saturated carbocycles. The van der Waals surface area contributed by atoms with E-state index in [0.29, 0.717) is 13.2 Å². The fourth-order valence-corrected chi connectivity index (χ4v) is 0.236. The number of carbonyl (C=O) groups excluding carboxylic acids is 1. The summed E-state index contributed by atoms with van der Waals surface area (Å²) in [5, 5.41) is -0.515. The lowest BCUT2D eigenvalue weighted by molar-refractivity contribution is 0.0762. The highest BCUT2D eigenvalue weighted by Crippen LogP contribution is 1.73. The standard InChI is InChI=1S/C3H8N2O2S/c4-1-2-7-5-3(6)8/h1-2,4H2,(H2,5,6,8). The molecule has 8 heavy (non-hydrogen) atoms. The molecule has 0 aliphatic heterocycles. The molecule has 0 heterocycles. The van der Waals surface area contributed by atoms with E-state index in [9.17, 15) is 4.79 Å². The smallest absolute Gasteiger partial charge is 0.299 e. The number of carbonyl (C=O) groups is 1. The molecule has 4 nitrogen and oxygen atoms in total. The maximum atomic E-state index is 9.91. The van der Waals surface area contributed by atoms with Crippen LogP contribution in [0.2, 0.25) is 0 Å². The van der Waals surface area contributed by atoms with Crippen LogP contribution in [-0.2, 0) is 4.84 Å². The van der Waals surface area contributed by atoms with Gasteiger partial charge in [0.15, 0.2) is 0 Å². The predicted octanol–water partition coefficient (Wildman–Crippen LogP) is -0.484. The van der Waals surface area contributed by atoms with Gasteiger partial charge < -0.3 is 5.73 Å². The van der Waals surface area contributed by atoms with Crippen LogP contribution < -0.4 is 11.2 Å². The van der Waals surface area contributed by atoms with Gasteiger partial charge in [0.1, 0.15) is 0 Å². The molecular formula is C3H8N2O2S. The first-order valence-electron chi connectivity index (χ1n) is 2.08. The second kappa shape index (κ2) is 4.89. The van der Waals surface area contributed by atoms with Gasteiger partial charge in [-0.1, -0.05) is 12.6 Å². The summed E-state index contributed by atoms with van der Waals surface area (Å²) < 4.78 is 0. The van der Waals surface area contributed by atoms with Gasteiger partial charge in [0.25, 0.3) is 5.24 Å². The molecule has 0 aromatic rings. The van der Waals surface area contributed by atoms with Crippen LogP contribution in [0.15, 0.2) is 0 Å². The van der Waals surface area contributed by atoms with Gasteiger partial charge in [0.05, 0.1) is 6.61 Å². The zero-order chi connectivity index (χ0) is 6.41. The largest absolute Gasteiger partial charge is 0.328 e. The molecule has 0 rings (SSSR count). The topological polar surface area (TPSA) is 64.3 Å². The minimum atomic E-state index is -0.515. The predicted molar refractivity (Wildman–Crippen MR) is 32.5 cm³/mol. The lowest BCUT2D eigenvalue weighted by Crippen LogP contribution is -2.21. The zero-order valence-electron chi connectivity index (χ0n) is 4.26. The van der Waals surface area contributed by atoms with Crippen molar-refractivity contribution < 1.29 is 9.63 Å². The Morgan fingerprint density at radius 3 is 2.88 bits per heavy atom. The third kappa shape index (κ3) is 5.74. The van der Waals surface area contributed by atoms with E-state index in [1.165, 1.54) is 0 Å². The summed E-state index contributed by atoms with van der Waals surface area (Å²) in [4.78, 5) is 14.3. The van der Waals surface area contributed by atoms with E-state index >= 15 is 0 Å². The molecule has 0 aliphatic carbocycles. The number of amides is 1. The quantitative estimate of drug-likeness (QED) is 0.279. The van der Waals surface area contributed by atoms with Crippen molar-refractivity contribution in [2.24, 2.45) is 5.73 Å². The van der Waals surface area contributed by atoms with Gasteiger partial charge in [-0.25, -0.2) is 5.48 Å². The minimum Gasteiger partial charge on any atom is -0.328 e. The molecular weight excluding hydrogens is 128 g/mol. The summed E-state index contributed by atoms with van der Waals surface area (Å²) >= 11 is 3.36. The normalized spacial score (nSPS) is 8.75.